The number of nitrogens with zero attached hydrogens (tertiary/aromatic N) is 2. The summed E-state index contributed by atoms with van der Waals surface area (Å²) in [7, 11) is 0. The minimum absolute atomic E-state index is 0.474. The second-order valence-electron chi connectivity index (χ2n) is 3.57. The van der Waals surface area contributed by atoms with Gasteiger partial charge < -0.3 is 0 Å². The lowest BCUT2D eigenvalue weighted by Gasteiger charge is -2.06. The summed E-state index contributed by atoms with van der Waals surface area (Å²) in [6.45, 7) is 6.41. The van der Waals surface area contributed by atoms with Crippen LogP contribution < -0.4 is 0 Å². The fourth-order valence-corrected chi connectivity index (χ4v) is 1.46. The molecule has 0 saturated carbocycles. The fraction of sp³-hybridized carbons (Fsp3) is 0.600. The second kappa shape index (κ2) is 4.70. The smallest absolute Gasteiger partial charge is 0.115 e. The van der Waals surface area contributed by atoms with Crippen LogP contribution in [-0.4, -0.2) is 14.8 Å². The average Bonchev–Trinajstić information content (AvgIpc) is 2.03. The zero-order valence-corrected chi connectivity index (χ0v) is 9.87. The average molecular weight is 243 g/mol. The summed E-state index contributed by atoms with van der Waals surface area (Å²) in [6, 6.07) is 2.09. The van der Waals surface area contributed by atoms with Crippen molar-refractivity contribution in [2.75, 3.05) is 0 Å². The van der Waals surface area contributed by atoms with E-state index in [9.17, 15) is 0 Å². The molecule has 0 saturated heterocycles. The highest BCUT2D eigenvalue weighted by Crippen LogP contribution is 2.13. The molecule has 0 fully saturated rings. The normalized spacial score (nSPS) is 13.3. The predicted molar refractivity (Wildman–Crippen MR) is 58.2 cm³/mol. The van der Waals surface area contributed by atoms with Gasteiger partial charge in [0, 0.05) is 22.6 Å². The molecule has 2 nitrogen and oxygen atoms in total. The number of hydrogen-bond donors (Lipinski definition) is 0. The van der Waals surface area contributed by atoms with Crippen LogP contribution in [0.3, 0.4) is 0 Å². The number of hydrogen-bond acceptors (Lipinski definition) is 2. The van der Waals surface area contributed by atoms with Gasteiger partial charge in [-0.1, -0.05) is 36.7 Å². The molecule has 0 N–H and O–H groups in total. The van der Waals surface area contributed by atoms with Crippen molar-refractivity contribution in [3.63, 3.8) is 0 Å². The fourth-order valence-electron chi connectivity index (χ4n) is 1.13. The van der Waals surface area contributed by atoms with Gasteiger partial charge in [0.15, 0.2) is 0 Å². The standard InChI is InChI=1S/C10H15BrN2/c1-7(2)10-5-9(4-8(3)11)12-6-13-10/h5-8H,4H2,1-3H3. The molecule has 3 heteroatoms. The monoisotopic (exact) mass is 242 g/mol. The van der Waals surface area contributed by atoms with Crippen LogP contribution in [0.5, 0.6) is 0 Å². The third-order valence-corrected chi connectivity index (χ3v) is 2.15. The predicted octanol–water partition coefficient (Wildman–Crippen LogP) is 2.93. The lowest BCUT2D eigenvalue weighted by molar-refractivity contribution is 0.794. The number of alkyl halides is 1. The lowest BCUT2D eigenvalue weighted by Crippen LogP contribution is -2.02. The SMILES string of the molecule is CC(Br)Cc1cc(C(C)C)ncn1. The summed E-state index contributed by atoms with van der Waals surface area (Å²) >= 11 is 3.51. The van der Waals surface area contributed by atoms with Crippen molar-refractivity contribution in [2.24, 2.45) is 0 Å². The molecule has 0 amide bonds. The topological polar surface area (TPSA) is 25.8 Å². The van der Waals surface area contributed by atoms with Crippen LogP contribution in [0.15, 0.2) is 12.4 Å². The lowest BCUT2D eigenvalue weighted by atomic mass is 10.1. The summed E-state index contributed by atoms with van der Waals surface area (Å²) < 4.78 is 0. The maximum absolute atomic E-state index is 4.22. The first-order valence-electron chi connectivity index (χ1n) is 4.54. The molecule has 13 heavy (non-hydrogen) atoms. The minimum Gasteiger partial charge on any atom is -0.241 e. The maximum Gasteiger partial charge on any atom is 0.115 e. The van der Waals surface area contributed by atoms with Gasteiger partial charge in [0.1, 0.15) is 6.33 Å². The first-order valence-corrected chi connectivity index (χ1v) is 5.46. The Morgan fingerprint density at radius 2 is 2.00 bits per heavy atom. The van der Waals surface area contributed by atoms with E-state index in [1.54, 1.807) is 6.33 Å². The van der Waals surface area contributed by atoms with Crippen molar-refractivity contribution in [1.29, 1.82) is 0 Å². The number of aromatic nitrogens is 2. The van der Waals surface area contributed by atoms with Gasteiger partial charge in [0.2, 0.25) is 0 Å². The minimum atomic E-state index is 0.474. The highest BCUT2D eigenvalue weighted by atomic mass is 79.9. The molecule has 0 aliphatic heterocycles. The van der Waals surface area contributed by atoms with E-state index in [0.717, 1.165) is 17.8 Å². The molecular formula is C10H15BrN2. The maximum atomic E-state index is 4.22. The van der Waals surface area contributed by atoms with Gasteiger partial charge in [0.25, 0.3) is 0 Å². The molecule has 0 aliphatic rings. The van der Waals surface area contributed by atoms with Crippen LogP contribution >= 0.6 is 15.9 Å². The van der Waals surface area contributed by atoms with E-state index in [0.29, 0.717) is 10.7 Å². The van der Waals surface area contributed by atoms with Crippen molar-refractivity contribution >= 4 is 15.9 Å². The molecular weight excluding hydrogens is 228 g/mol. The van der Waals surface area contributed by atoms with E-state index >= 15 is 0 Å². The Bertz CT molecular complexity index is 271. The molecule has 72 valence electrons. The van der Waals surface area contributed by atoms with Crippen LogP contribution in [0, 0.1) is 0 Å². The zero-order chi connectivity index (χ0) is 9.84. The molecule has 0 radical (unpaired) electrons. The van der Waals surface area contributed by atoms with Crippen LogP contribution in [0.25, 0.3) is 0 Å². The third-order valence-electron chi connectivity index (χ3n) is 1.83. The first-order chi connectivity index (χ1) is 6.09. The largest absolute Gasteiger partial charge is 0.241 e. The van der Waals surface area contributed by atoms with Crippen molar-refractivity contribution < 1.29 is 0 Å². The van der Waals surface area contributed by atoms with Gasteiger partial charge in [-0.2, -0.15) is 0 Å². The summed E-state index contributed by atoms with van der Waals surface area (Å²) in [5, 5.41) is 0. The first kappa shape index (κ1) is 10.6. The van der Waals surface area contributed by atoms with E-state index in [2.05, 4.69) is 52.7 Å². The Labute approximate surface area is 87.9 Å². The van der Waals surface area contributed by atoms with Gasteiger partial charge in [-0.05, 0) is 12.0 Å². The second-order valence-corrected chi connectivity index (χ2v) is 5.14. The van der Waals surface area contributed by atoms with E-state index < -0.39 is 0 Å². The molecule has 1 aromatic heterocycles. The zero-order valence-electron chi connectivity index (χ0n) is 8.29. The third kappa shape index (κ3) is 3.43. The summed E-state index contributed by atoms with van der Waals surface area (Å²) in [6.07, 6.45) is 2.61. The molecule has 1 heterocycles. The van der Waals surface area contributed by atoms with Crippen molar-refractivity contribution in [1.82, 2.24) is 9.97 Å². The number of rotatable bonds is 3. The van der Waals surface area contributed by atoms with Crippen molar-refractivity contribution in [2.45, 2.75) is 37.9 Å². The van der Waals surface area contributed by atoms with Gasteiger partial charge in [-0.3, -0.25) is 0 Å². The molecule has 0 bridgehead atoms. The summed E-state index contributed by atoms with van der Waals surface area (Å²) in [5.74, 6) is 0.479. The van der Waals surface area contributed by atoms with Gasteiger partial charge in [-0.25, -0.2) is 9.97 Å². The molecule has 0 spiro atoms. The Kier molecular flexibility index (Phi) is 3.85. The summed E-state index contributed by atoms with van der Waals surface area (Å²) in [5.41, 5.74) is 2.24. The molecule has 0 aliphatic carbocycles. The Morgan fingerprint density at radius 3 is 2.54 bits per heavy atom. The highest BCUT2D eigenvalue weighted by molar-refractivity contribution is 9.09. The molecule has 1 aromatic rings. The van der Waals surface area contributed by atoms with Crippen LogP contribution in [0.1, 0.15) is 38.1 Å². The Morgan fingerprint density at radius 1 is 1.31 bits per heavy atom. The Hall–Kier alpha value is -0.440. The van der Waals surface area contributed by atoms with Crippen molar-refractivity contribution in [3.8, 4) is 0 Å². The van der Waals surface area contributed by atoms with E-state index in [4.69, 9.17) is 0 Å². The number of halogens is 1. The van der Waals surface area contributed by atoms with E-state index in [1.165, 1.54) is 0 Å². The van der Waals surface area contributed by atoms with Gasteiger partial charge in [-0.15, -0.1) is 0 Å². The quantitative estimate of drug-likeness (QED) is 0.763. The molecule has 1 rings (SSSR count). The van der Waals surface area contributed by atoms with Crippen LogP contribution in [0.2, 0.25) is 0 Å². The Balaban J connectivity index is 2.79. The van der Waals surface area contributed by atoms with E-state index in [1.807, 2.05) is 0 Å². The summed E-state index contributed by atoms with van der Waals surface area (Å²) in [4.78, 5) is 8.92. The van der Waals surface area contributed by atoms with Crippen LogP contribution in [0.4, 0.5) is 0 Å². The van der Waals surface area contributed by atoms with Crippen molar-refractivity contribution in [3.05, 3.63) is 23.8 Å². The van der Waals surface area contributed by atoms with Gasteiger partial charge >= 0.3 is 0 Å². The highest BCUT2D eigenvalue weighted by Gasteiger charge is 2.04. The molecule has 1 unspecified atom stereocenters. The molecule has 0 aromatic carbocycles. The van der Waals surface area contributed by atoms with Crippen LogP contribution in [-0.2, 0) is 6.42 Å². The van der Waals surface area contributed by atoms with E-state index in [-0.39, 0.29) is 0 Å². The van der Waals surface area contributed by atoms with Gasteiger partial charge in [0.05, 0.1) is 0 Å². The molecule has 1 atom stereocenters.